The molecular weight excluding hydrogens is 222 g/mol. The number of nitrogens with zero attached hydrogens (tertiary/aromatic N) is 1. The van der Waals surface area contributed by atoms with Gasteiger partial charge in [-0.15, -0.1) is 0 Å². The Kier molecular flexibility index (Phi) is 2.69. The zero-order chi connectivity index (χ0) is 9.19. The van der Waals surface area contributed by atoms with Crippen LogP contribution >= 0.6 is 16.3 Å². The van der Waals surface area contributed by atoms with Crippen LogP contribution in [0.4, 0.5) is 0 Å². The van der Waals surface area contributed by atoms with Gasteiger partial charge in [0.05, 0.1) is 11.8 Å². The van der Waals surface area contributed by atoms with Gasteiger partial charge in [0, 0.05) is 11.8 Å². The fraction of sp³-hybridized carbons (Fsp3) is 0.375. The van der Waals surface area contributed by atoms with E-state index in [1.54, 1.807) is 32.3 Å². The molecule has 4 heteroatoms. The second-order valence-electron chi connectivity index (χ2n) is 3.05. The number of halogens is 1. The fourth-order valence-corrected chi connectivity index (χ4v) is 0.973. The average Bonchev–Trinajstić information content (AvgIpc) is 2.03. The molecule has 0 aliphatic heterocycles. The first-order valence-electron chi connectivity index (χ1n) is 3.50. The summed E-state index contributed by atoms with van der Waals surface area (Å²) in [7, 11) is 0. The normalized spacial score (nSPS) is 11.3. The number of aromatic nitrogens is 1. The maximum absolute atomic E-state index is 9.60. The monoisotopic (exact) mass is 231 g/mol. The minimum Gasteiger partial charge on any atom is -0.416 e. The van der Waals surface area contributed by atoms with Gasteiger partial charge in [-0.1, -0.05) is 0 Å². The van der Waals surface area contributed by atoms with Crippen LogP contribution in [-0.4, -0.2) is 10.1 Å². The Morgan fingerprint density at radius 2 is 2.17 bits per heavy atom. The molecule has 0 fully saturated rings. The minimum absolute atomic E-state index is 0.578. The molecule has 1 N–H and O–H groups in total. The van der Waals surface area contributed by atoms with Gasteiger partial charge >= 0.3 is 0 Å². The molecule has 0 aromatic carbocycles. The highest BCUT2D eigenvalue weighted by molar-refractivity contribution is 9.06. The topological polar surface area (TPSA) is 42.4 Å². The van der Waals surface area contributed by atoms with Crippen molar-refractivity contribution in [2.45, 2.75) is 19.4 Å². The molecule has 0 spiro atoms. The van der Waals surface area contributed by atoms with Crippen LogP contribution in [-0.2, 0) is 5.60 Å². The van der Waals surface area contributed by atoms with Crippen molar-refractivity contribution in [3.8, 4) is 5.75 Å². The molecule has 0 aliphatic carbocycles. The Balaban J connectivity index is 3.02. The molecular formula is C8H10BrNO2. The molecule has 0 saturated carbocycles. The highest BCUT2D eigenvalue weighted by Crippen LogP contribution is 2.22. The SMILES string of the molecule is CC(C)(O)c1cncc(OBr)c1. The summed E-state index contributed by atoms with van der Waals surface area (Å²) in [4.78, 5) is 3.91. The lowest BCUT2D eigenvalue weighted by Gasteiger charge is -2.16. The quantitative estimate of drug-likeness (QED) is 0.847. The molecule has 1 aromatic rings. The lowest BCUT2D eigenvalue weighted by molar-refractivity contribution is 0.0781. The van der Waals surface area contributed by atoms with E-state index in [4.69, 9.17) is 3.83 Å². The van der Waals surface area contributed by atoms with Gasteiger partial charge in [0.1, 0.15) is 0 Å². The summed E-state index contributed by atoms with van der Waals surface area (Å²) in [5, 5.41) is 9.60. The third-order valence-electron chi connectivity index (χ3n) is 1.51. The second-order valence-corrected chi connectivity index (χ2v) is 3.37. The lowest BCUT2D eigenvalue weighted by Crippen LogP contribution is -2.15. The van der Waals surface area contributed by atoms with Crippen molar-refractivity contribution in [1.82, 2.24) is 4.98 Å². The van der Waals surface area contributed by atoms with E-state index in [-0.39, 0.29) is 0 Å². The van der Waals surface area contributed by atoms with Crippen molar-refractivity contribution >= 4 is 16.3 Å². The Morgan fingerprint density at radius 1 is 1.50 bits per heavy atom. The van der Waals surface area contributed by atoms with Crippen LogP contribution in [0.5, 0.6) is 5.75 Å². The largest absolute Gasteiger partial charge is 0.416 e. The highest BCUT2D eigenvalue weighted by atomic mass is 79.9. The predicted octanol–water partition coefficient (Wildman–Crippen LogP) is 2.00. The molecule has 1 aromatic heterocycles. The zero-order valence-corrected chi connectivity index (χ0v) is 8.50. The van der Waals surface area contributed by atoms with Crippen LogP contribution in [0.2, 0.25) is 0 Å². The molecule has 66 valence electrons. The van der Waals surface area contributed by atoms with E-state index in [1.165, 1.54) is 0 Å². The molecule has 1 rings (SSSR count). The van der Waals surface area contributed by atoms with E-state index < -0.39 is 5.60 Å². The summed E-state index contributed by atoms with van der Waals surface area (Å²) >= 11 is 2.84. The van der Waals surface area contributed by atoms with Crippen molar-refractivity contribution in [3.63, 3.8) is 0 Å². The smallest absolute Gasteiger partial charge is 0.179 e. The van der Waals surface area contributed by atoms with Crippen LogP contribution in [0, 0.1) is 0 Å². The molecule has 0 atom stereocenters. The maximum atomic E-state index is 9.60. The van der Waals surface area contributed by atoms with E-state index in [1.807, 2.05) is 0 Å². The maximum Gasteiger partial charge on any atom is 0.179 e. The van der Waals surface area contributed by atoms with Gasteiger partial charge < -0.3 is 8.93 Å². The molecule has 1 heterocycles. The molecule has 12 heavy (non-hydrogen) atoms. The lowest BCUT2D eigenvalue weighted by atomic mass is 10.0. The first-order chi connectivity index (χ1) is 5.54. The third-order valence-corrected chi connectivity index (χ3v) is 1.88. The van der Waals surface area contributed by atoms with Crippen molar-refractivity contribution in [3.05, 3.63) is 24.0 Å². The highest BCUT2D eigenvalue weighted by Gasteiger charge is 2.16. The van der Waals surface area contributed by atoms with Gasteiger partial charge in [-0.05, 0) is 19.9 Å². The number of hydrogen-bond donors (Lipinski definition) is 1. The Bertz CT molecular complexity index is 270. The van der Waals surface area contributed by atoms with Crippen LogP contribution in [0.1, 0.15) is 19.4 Å². The van der Waals surface area contributed by atoms with Crippen molar-refractivity contribution in [2.24, 2.45) is 0 Å². The number of aliphatic hydroxyl groups is 1. The molecule has 0 amide bonds. The molecule has 3 nitrogen and oxygen atoms in total. The Morgan fingerprint density at radius 3 is 2.67 bits per heavy atom. The molecule has 0 unspecified atom stereocenters. The first kappa shape index (κ1) is 9.48. The predicted molar refractivity (Wildman–Crippen MR) is 49.0 cm³/mol. The fourth-order valence-electron chi connectivity index (χ4n) is 0.796. The number of pyridine rings is 1. The summed E-state index contributed by atoms with van der Waals surface area (Å²) in [6.07, 6.45) is 3.17. The summed E-state index contributed by atoms with van der Waals surface area (Å²) in [6.45, 7) is 3.39. The van der Waals surface area contributed by atoms with Crippen LogP contribution in [0.3, 0.4) is 0 Å². The van der Waals surface area contributed by atoms with Gasteiger partial charge in [-0.3, -0.25) is 4.98 Å². The van der Waals surface area contributed by atoms with Crippen molar-refractivity contribution < 1.29 is 8.93 Å². The molecule has 0 aliphatic rings. The van der Waals surface area contributed by atoms with E-state index in [0.717, 1.165) is 5.56 Å². The number of hydrogen-bond acceptors (Lipinski definition) is 3. The van der Waals surface area contributed by atoms with Gasteiger partial charge in [-0.25, -0.2) is 0 Å². The van der Waals surface area contributed by atoms with Gasteiger partial charge in [0.15, 0.2) is 22.0 Å². The van der Waals surface area contributed by atoms with Crippen LogP contribution in [0.15, 0.2) is 18.5 Å². The molecule has 0 saturated heterocycles. The van der Waals surface area contributed by atoms with Gasteiger partial charge in [0.2, 0.25) is 0 Å². The van der Waals surface area contributed by atoms with E-state index in [2.05, 4.69) is 21.2 Å². The van der Waals surface area contributed by atoms with E-state index in [0.29, 0.717) is 5.75 Å². The number of rotatable bonds is 2. The zero-order valence-electron chi connectivity index (χ0n) is 6.91. The van der Waals surface area contributed by atoms with Crippen LogP contribution in [0.25, 0.3) is 0 Å². The van der Waals surface area contributed by atoms with Crippen LogP contribution < -0.4 is 3.83 Å². The third kappa shape index (κ3) is 2.19. The van der Waals surface area contributed by atoms with Crippen molar-refractivity contribution in [2.75, 3.05) is 0 Å². The summed E-state index contributed by atoms with van der Waals surface area (Å²) in [5.41, 5.74) is -0.159. The summed E-state index contributed by atoms with van der Waals surface area (Å²) in [6, 6.07) is 1.72. The van der Waals surface area contributed by atoms with Gasteiger partial charge in [-0.2, -0.15) is 0 Å². The van der Waals surface area contributed by atoms with E-state index >= 15 is 0 Å². The Hall–Kier alpha value is -0.610. The van der Waals surface area contributed by atoms with E-state index in [9.17, 15) is 5.11 Å². The summed E-state index contributed by atoms with van der Waals surface area (Å²) < 4.78 is 4.79. The first-order valence-corrected chi connectivity index (χ1v) is 4.15. The standard InChI is InChI=1S/C8H10BrNO2/c1-8(2,11)6-3-7(12-9)5-10-4-6/h3-5,11H,1-2H3. The second kappa shape index (κ2) is 3.41. The minimum atomic E-state index is -0.880. The summed E-state index contributed by atoms with van der Waals surface area (Å²) in [5.74, 6) is 0.578. The van der Waals surface area contributed by atoms with Gasteiger partial charge in [0.25, 0.3) is 0 Å². The van der Waals surface area contributed by atoms with Crippen molar-refractivity contribution in [1.29, 1.82) is 0 Å². The molecule has 0 radical (unpaired) electrons. The molecule has 0 bridgehead atoms. The average molecular weight is 232 g/mol. The Labute approximate surface area is 79.8 Å².